The van der Waals surface area contributed by atoms with Gasteiger partial charge in [-0.1, -0.05) is 15.9 Å². The molecule has 1 aromatic carbocycles. The molecule has 0 unspecified atom stereocenters. The van der Waals surface area contributed by atoms with E-state index in [0.717, 1.165) is 6.07 Å². The van der Waals surface area contributed by atoms with Crippen molar-refractivity contribution in [3.8, 4) is 6.07 Å². The highest BCUT2D eigenvalue weighted by Gasteiger charge is 2.36. The van der Waals surface area contributed by atoms with Crippen molar-refractivity contribution in [1.29, 1.82) is 5.26 Å². The molecule has 0 aliphatic carbocycles. The zero-order valence-corrected chi connectivity index (χ0v) is 9.69. The Labute approximate surface area is 102 Å². The van der Waals surface area contributed by atoms with E-state index < -0.39 is 28.9 Å². The number of alkyl halides is 4. The topological polar surface area (TPSA) is 40.9 Å². The second-order valence-corrected chi connectivity index (χ2v) is 3.58. The van der Waals surface area contributed by atoms with Gasteiger partial charge in [-0.25, -0.2) is 4.39 Å². The SMILES string of the molecule is N#Cc1c(C(=O)CBr)ccc(C(F)(F)F)c1F. The number of ketones is 1. The molecule has 1 aromatic rings. The van der Waals surface area contributed by atoms with Crippen molar-refractivity contribution in [2.75, 3.05) is 5.33 Å². The van der Waals surface area contributed by atoms with Crippen LogP contribution in [-0.4, -0.2) is 11.1 Å². The first-order valence-corrected chi connectivity index (χ1v) is 5.34. The van der Waals surface area contributed by atoms with Crippen LogP contribution in [0.5, 0.6) is 0 Å². The lowest BCUT2D eigenvalue weighted by atomic mass is 10.0. The normalized spacial score (nSPS) is 11.1. The molecule has 0 fully saturated rings. The molecule has 0 saturated carbocycles. The molecule has 0 N–H and O–H groups in total. The summed E-state index contributed by atoms with van der Waals surface area (Å²) in [5, 5.41) is 8.41. The molecule has 0 aliphatic heterocycles. The van der Waals surface area contributed by atoms with Crippen LogP contribution in [0.2, 0.25) is 0 Å². The standard InChI is InChI=1S/C10H4BrF4NO/c11-3-8(17)5-1-2-7(10(13,14)15)9(12)6(5)4-16/h1-2H,3H2. The van der Waals surface area contributed by atoms with Crippen LogP contribution in [0.3, 0.4) is 0 Å². The van der Waals surface area contributed by atoms with Crippen LogP contribution in [0.25, 0.3) is 0 Å². The Morgan fingerprint density at radius 2 is 2.00 bits per heavy atom. The maximum Gasteiger partial charge on any atom is 0.419 e. The average molecular weight is 310 g/mol. The Hall–Kier alpha value is -1.42. The van der Waals surface area contributed by atoms with Gasteiger partial charge in [0.15, 0.2) is 11.6 Å². The molecule has 7 heteroatoms. The van der Waals surface area contributed by atoms with Gasteiger partial charge >= 0.3 is 6.18 Å². The summed E-state index contributed by atoms with van der Waals surface area (Å²) in [6.45, 7) is 0. The first-order chi connectivity index (χ1) is 7.82. The Morgan fingerprint density at radius 1 is 1.41 bits per heavy atom. The third kappa shape index (κ3) is 2.64. The van der Waals surface area contributed by atoms with Gasteiger partial charge in [-0.3, -0.25) is 4.79 Å². The molecule has 17 heavy (non-hydrogen) atoms. The summed E-state index contributed by atoms with van der Waals surface area (Å²) in [6, 6.07) is 2.53. The Kier molecular flexibility index (Phi) is 3.88. The van der Waals surface area contributed by atoms with Gasteiger partial charge in [0.1, 0.15) is 6.07 Å². The molecule has 0 radical (unpaired) electrons. The molecule has 90 valence electrons. The van der Waals surface area contributed by atoms with Gasteiger partial charge in [0.05, 0.1) is 16.5 Å². The highest BCUT2D eigenvalue weighted by Crippen LogP contribution is 2.33. The second-order valence-electron chi connectivity index (χ2n) is 3.02. The summed E-state index contributed by atoms with van der Waals surface area (Å²) in [6.07, 6.45) is -4.90. The first-order valence-electron chi connectivity index (χ1n) is 4.22. The van der Waals surface area contributed by atoms with Gasteiger partial charge in [-0.05, 0) is 12.1 Å². The summed E-state index contributed by atoms with van der Waals surface area (Å²) in [5.74, 6) is -2.37. The smallest absolute Gasteiger partial charge is 0.293 e. The Bertz CT molecular complexity index is 504. The summed E-state index contributed by atoms with van der Waals surface area (Å²) in [4.78, 5) is 11.3. The molecule has 1 rings (SSSR count). The van der Waals surface area contributed by atoms with Crippen molar-refractivity contribution >= 4 is 21.7 Å². The third-order valence-corrected chi connectivity index (χ3v) is 2.49. The van der Waals surface area contributed by atoms with Crippen LogP contribution in [0, 0.1) is 17.1 Å². The van der Waals surface area contributed by atoms with Gasteiger partial charge < -0.3 is 0 Å². The van der Waals surface area contributed by atoms with Crippen LogP contribution >= 0.6 is 15.9 Å². The Morgan fingerprint density at radius 3 is 2.41 bits per heavy atom. The van der Waals surface area contributed by atoms with E-state index in [-0.39, 0.29) is 10.9 Å². The molecule has 0 heterocycles. The van der Waals surface area contributed by atoms with Crippen molar-refractivity contribution in [2.45, 2.75) is 6.18 Å². The third-order valence-electron chi connectivity index (χ3n) is 1.98. The van der Waals surface area contributed by atoms with Crippen molar-refractivity contribution in [3.63, 3.8) is 0 Å². The lowest BCUT2D eigenvalue weighted by Gasteiger charge is -2.10. The van der Waals surface area contributed by atoms with Gasteiger partial charge in [0, 0.05) is 5.56 Å². The highest BCUT2D eigenvalue weighted by molar-refractivity contribution is 9.09. The minimum Gasteiger partial charge on any atom is -0.293 e. The molecular formula is C10H4BrF4NO. The van der Waals surface area contributed by atoms with E-state index in [1.807, 2.05) is 0 Å². The predicted molar refractivity (Wildman–Crippen MR) is 54.2 cm³/mol. The quantitative estimate of drug-likeness (QED) is 0.478. The zero-order valence-electron chi connectivity index (χ0n) is 8.11. The van der Waals surface area contributed by atoms with E-state index in [1.54, 1.807) is 0 Å². The van der Waals surface area contributed by atoms with Crippen LogP contribution in [0.15, 0.2) is 12.1 Å². The lowest BCUT2D eigenvalue weighted by molar-refractivity contribution is -0.140. The number of hydrogen-bond acceptors (Lipinski definition) is 2. The van der Waals surface area contributed by atoms with E-state index in [2.05, 4.69) is 15.9 Å². The maximum atomic E-state index is 13.4. The van der Waals surface area contributed by atoms with E-state index in [1.165, 1.54) is 6.07 Å². The number of Topliss-reactive ketones (excluding diaryl/α,β-unsaturated/α-hetero) is 1. The number of benzene rings is 1. The van der Waals surface area contributed by atoms with Gasteiger partial charge in [-0.2, -0.15) is 18.4 Å². The number of nitriles is 1. The van der Waals surface area contributed by atoms with Crippen molar-refractivity contribution in [2.24, 2.45) is 0 Å². The molecule has 0 aromatic heterocycles. The van der Waals surface area contributed by atoms with Gasteiger partial charge in [0.25, 0.3) is 0 Å². The first kappa shape index (κ1) is 13.6. The largest absolute Gasteiger partial charge is 0.419 e. The Balaban J connectivity index is 3.50. The number of halogens is 5. The maximum absolute atomic E-state index is 13.4. The van der Waals surface area contributed by atoms with Crippen LogP contribution in [0.4, 0.5) is 17.6 Å². The van der Waals surface area contributed by atoms with E-state index in [0.29, 0.717) is 6.07 Å². The monoisotopic (exact) mass is 309 g/mol. The zero-order chi connectivity index (χ0) is 13.2. The van der Waals surface area contributed by atoms with Crippen LogP contribution in [0.1, 0.15) is 21.5 Å². The van der Waals surface area contributed by atoms with E-state index >= 15 is 0 Å². The number of nitrogens with zero attached hydrogens (tertiary/aromatic N) is 1. The molecule has 0 saturated heterocycles. The molecule has 0 aliphatic rings. The van der Waals surface area contributed by atoms with Crippen LogP contribution in [-0.2, 0) is 6.18 Å². The molecule has 0 atom stereocenters. The fraction of sp³-hybridized carbons (Fsp3) is 0.200. The van der Waals surface area contributed by atoms with Gasteiger partial charge in [-0.15, -0.1) is 0 Å². The fourth-order valence-corrected chi connectivity index (χ4v) is 1.51. The number of hydrogen-bond donors (Lipinski definition) is 0. The average Bonchev–Trinajstić information content (AvgIpc) is 2.25. The highest BCUT2D eigenvalue weighted by atomic mass is 79.9. The number of carbonyl (C=O) groups is 1. The number of rotatable bonds is 2. The van der Waals surface area contributed by atoms with Gasteiger partial charge in [0.2, 0.25) is 0 Å². The minimum atomic E-state index is -4.90. The summed E-state index contributed by atoms with van der Waals surface area (Å²) in [7, 11) is 0. The molecule has 0 spiro atoms. The lowest BCUT2D eigenvalue weighted by Crippen LogP contribution is -2.13. The van der Waals surface area contributed by atoms with Crippen molar-refractivity contribution in [3.05, 3.63) is 34.6 Å². The van der Waals surface area contributed by atoms with E-state index in [9.17, 15) is 22.4 Å². The van der Waals surface area contributed by atoms with E-state index in [4.69, 9.17) is 5.26 Å². The number of carbonyl (C=O) groups excluding carboxylic acids is 1. The van der Waals surface area contributed by atoms with Crippen LogP contribution < -0.4 is 0 Å². The molecular weight excluding hydrogens is 306 g/mol. The van der Waals surface area contributed by atoms with Crippen molar-refractivity contribution in [1.82, 2.24) is 0 Å². The molecule has 0 amide bonds. The summed E-state index contributed by atoms with van der Waals surface area (Å²) < 4.78 is 50.4. The predicted octanol–water partition coefficient (Wildman–Crippen LogP) is 3.29. The summed E-state index contributed by atoms with van der Waals surface area (Å²) in [5.41, 5.74) is -2.81. The summed E-state index contributed by atoms with van der Waals surface area (Å²) >= 11 is 2.79. The molecule has 0 bridgehead atoms. The fourth-order valence-electron chi connectivity index (χ4n) is 1.21. The second kappa shape index (κ2) is 4.84. The minimum absolute atomic E-state index is 0.202. The molecule has 2 nitrogen and oxygen atoms in total. The van der Waals surface area contributed by atoms with Crippen molar-refractivity contribution < 1.29 is 22.4 Å².